The fourth-order valence-electron chi connectivity index (χ4n) is 23.5. The van der Waals surface area contributed by atoms with Gasteiger partial charge in [0.1, 0.15) is 17.7 Å². The number of nitrogens with zero attached hydrogens (tertiary/aromatic N) is 12. The van der Waals surface area contributed by atoms with Gasteiger partial charge in [-0.25, -0.2) is 30.3 Å². The molecule has 0 saturated heterocycles. The highest BCUT2D eigenvalue weighted by atomic mass is 16.5. The summed E-state index contributed by atoms with van der Waals surface area (Å²) >= 11 is 0. The molecule has 18 nitrogen and oxygen atoms in total. The molecule has 0 aromatic heterocycles. The van der Waals surface area contributed by atoms with E-state index in [1.807, 2.05) is 0 Å². The van der Waals surface area contributed by atoms with Crippen LogP contribution in [0.3, 0.4) is 0 Å². The molecule has 7 fully saturated rings. The van der Waals surface area contributed by atoms with Crippen LogP contribution >= 0.6 is 0 Å². The number of likely N-dealkylation sites (N-methyl/N-ethyl adjacent to an activating group) is 4. The SMILES string of the molecule is [C-]#[N+]/C(C#N)=C1C=C(/C=C/C2CCC(N(C)CCOC3CC(COC4CC(C)CC(OCC5CC(OCCN(C)C6CCC(/C=C/C7=CC(=C(/C#N)[N+]#[C-])/CC(C)(C)C7)CC6)CC(OCCN(C)C6CCC(/C=C/C7=CC(=C(\C#N)[N+]#[C-])/CC(C)(C)C7)CC6)C5)C4)CC(OCCN(C)C4CCC(/C=C/C5=CC(=C(C#N)C#N)CC(C)(C)C5)CC4)C3)CC2)CC(C)(C)C\1. The third kappa shape index (κ3) is 31.3. The van der Waals surface area contributed by atoms with Crippen molar-refractivity contribution in [2.75, 3.05) is 94.0 Å². The van der Waals surface area contributed by atoms with Crippen LogP contribution < -0.4 is 0 Å². The first-order chi connectivity index (χ1) is 60.9. The molecule has 686 valence electrons. The zero-order chi connectivity index (χ0) is 90.8. The van der Waals surface area contributed by atoms with Gasteiger partial charge < -0.3 is 48.0 Å². The second kappa shape index (κ2) is 48.0. The van der Waals surface area contributed by atoms with Gasteiger partial charge in [-0.3, -0.25) is 0 Å². The van der Waals surface area contributed by atoms with Crippen molar-refractivity contribution in [2.24, 2.45) is 63.1 Å². The summed E-state index contributed by atoms with van der Waals surface area (Å²) in [6.07, 6.45) is 61.3. The molecule has 9 unspecified atom stereocenters. The average Bonchev–Trinajstić information content (AvgIpc) is 0.826. The van der Waals surface area contributed by atoms with E-state index in [1.54, 1.807) is 0 Å². The number of allylic oxidation sites excluding steroid dienone is 24. The highest BCUT2D eigenvalue weighted by Gasteiger charge is 2.39. The van der Waals surface area contributed by atoms with Crippen LogP contribution in [0.5, 0.6) is 0 Å². The lowest BCUT2D eigenvalue weighted by Gasteiger charge is -2.39. The highest BCUT2D eigenvalue weighted by molar-refractivity contribution is 5.50. The van der Waals surface area contributed by atoms with Gasteiger partial charge >= 0.3 is 0 Å². The van der Waals surface area contributed by atoms with E-state index in [1.165, 1.54) is 22.3 Å². The second-order valence-corrected chi connectivity index (χ2v) is 43.8. The molecule has 0 amide bonds. The molecule has 18 heteroatoms. The van der Waals surface area contributed by atoms with E-state index in [2.05, 4.69) is 228 Å². The van der Waals surface area contributed by atoms with Crippen LogP contribution in [0.1, 0.15) is 274 Å². The van der Waals surface area contributed by atoms with E-state index >= 15 is 0 Å². The zero-order valence-electron chi connectivity index (χ0n) is 80.0. The normalized spacial score (nSPS) is 32.3. The summed E-state index contributed by atoms with van der Waals surface area (Å²) in [5.74, 6) is 3.17. The van der Waals surface area contributed by atoms with Gasteiger partial charge in [0.25, 0.3) is 17.1 Å². The van der Waals surface area contributed by atoms with Gasteiger partial charge in [-0.05, 0) is 348 Å². The number of hydrogen-bond donors (Lipinski definition) is 0. The monoisotopic (exact) mass is 1730 g/mol. The molecule has 0 bridgehead atoms. The molecule has 0 spiro atoms. The molecule has 0 N–H and O–H groups in total. The molecule has 127 heavy (non-hydrogen) atoms. The Kier molecular flexibility index (Phi) is 37.8. The Morgan fingerprint density at radius 3 is 0.811 bits per heavy atom. The van der Waals surface area contributed by atoms with Gasteiger partial charge in [-0.15, -0.1) is 0 Å². The predicted octanol–water partition coefficient (Wildman–Crippen LogP) is 23.3. The third-order valence-corrected chi connectivity index (χ3v) is 30.4. The molecule has 11 aliphatic rings. The highest BCUT2D eigenvalue weighted by Crippen LogP contribution is 2.46. The van der Waals surface area contributed by atoms with Crippen LogP contribution in [0.2, 0.25) is 0 Å². The Morgan fingerprint density at radius 2 is 0.575 bits per heavy atom. The van der Waals surface area contributed by atoms with Crippen LogP contribution in [0.25, 0.3) is 14.5 Å². The molecule has 0 aromatic rings. The van der Waals surface area contributed by atoms with Crippen molar-refractivity contribution in [3.63, 3.8) is 0 Å². The Balaban J connectivity index is 0.679. The van der Waals surface area contributed by atoms with Gasteiger partial charge in [0, 0.05) is 63.6 Å². The van der Waals surface area contributed by atoms with E-state index in [0.29, 0.717) is 105 Å². The zero-order valence-corrected chi connectivity index (χ0v) is 80.0. The summed E-state index contributed by atoms with van der Waals surface area (Å²) in [5.41, 5.74) is 9.25. The van der Waals surface area contributed by atoms with Crippen LogP contribution in [-0.4, -0.2) is 174 Å². The lowest BCUT2D eigenvalue weighted by Crippen LogP contribution is -2.41. The molecule has 11 rings (SSSR count). The Morgan fingerprint density at radius 1 is 0.339 bits per heavy atom. The maximum atomic E-state index is 9.68. The van der Waals surface area contributed by atoms with Crippen LogP contribution in [0, 0.1) is 139 Å². The third-order valence-electron chi connectivity index (χ3n) is 30.4. The Hall–Kier alpha value is -7.60. The first-order valence-corrected chi connectivity index (χ1v) is 49.0. The topological polar surface area (TPSA) is 200 Å². The molecule has 0 heterocycles. The predicted molar refractivity (Wildman–Crippen MR) is 507 cm³/mol. The molecule has 11 aliphatic carbocycles. The van der Waals surface area contributed by atoms with Gasteiger partial charge in [-0.2, -0.15) is 10.5 Å². The van der Waals surface area contributed by atoms with E-state index in [0.717, 1.165) is 260 Å². The van der Waals surface area contributed by atoms with Crippen LogP contribution in [0.15, 0.2) is 140 Å². The van der Waals surface area contributed by atoms with Crippen molar-refractivity contribution in [1.82, 2.24) is 19.6 Å². The van der Waals surface area contributed by atoms with Crippen molar-refractivity contribution >= 4 is 0 Å². The Bertz CT molecular complexity index is 3850. The minimum Gasteiger partial charge on any atom is -0.378 e. The molecular weight excluding hydrogens is 1570 g/mol. The lowest BCUT2D eigenvalue weighted by atomic mass is 9.74. The van der Waals surface area contributed by atoms with Crippen molar-refractivity contribution in [2.45, 2.75) is 335 Å². The van der Waals surface area contributed by atoms with Crippen molar-refractivity contribution < 1.29 is 28.4 Å². The van der Waals surface area contributed by atoms with Crippen LogP contribution in [-0.2, 0) is 28.4 Å². The maximum absolute atomic E-state index is 9.68. The van der Waals surface area contributed by atoms with Gasteiger partial charge in [0.15, 0.2) is 0 Å². The summed E-state index contributed by atoms with van der Waals surface area (Å²) in [7, 11) is 9.13. The minimum atomic E-state index is 0.00170. The average molecular weight is 1730 g/mol. The fourth-order valence-corrected chi connectivity index (χ4v) is 23.5. The number of ether oxygens (including phenoxy) is 6. The quantitative estimate of drug-likeness (QED) is 0.0435. The second-order valence-electron chi connectivity index (χ2n) is 43.8. The smallest absolute Gasteiger partial charge is 0.265 e. The number of rotatable bonds is 34. The number of hydrogen-bond acceptors (Lipinski definition) is 15. The van der Waals surface area contributed by atoms with Crippen LogP contribution in [0.4, 0.5) is 0 Å². The summed E-state index contributed by atoms with van der Waals surface area (Å²) in [6.45, 7) is 50.7. The summed E-state index contributed by atoms with van der Waals surface area (Å²) in [6, 6.07) is 12.7. The minimum absolute atomic E-state index is 0.00170. The fraction of sp³-hybridized carbons (Fsp3) is 0.706. The summed E-state index contributed by atoms with van der Waals surface area (Å²) in [5, 5.41) is 48.4. The molecule has 9 atom stereocenters. The summed E-state index contributed by atoms with van der Waals surface area (Å²) in [4.78, 5) is 20.8. The Labute approximate surface area is 766 Å². The molecule has 7 saturated carbocycles. The first-order valence-electron chi connectivity index (χ1n) is 49.0. The van der Waals surface area contributed by atoms with Crippen molar-refractivity contribution in [1.29, 1.82) is 26.3 Å². The molecular formula is C109H154N12O6. The van der Waals surface area contributed by atoms with Gasteiger partial charge in [0.2, 0.25) is 0 Å². The first kappa shape index (κ1) is 100.0. The maximum Gasteiger partial charge on any atom is 0.265 e. The van der Waals surface area contributed by atoms with E-state index < -0.39 is 0 Å². The van der Waals surface area contributed by atoms with Crippen molar-refractivity contribution in [3.8, 4) is 30.3 Å². The standard InChI is InChI=1S/C109H154N12O6/c1-77-49-97(126-75-86-55-99(122-45-41-118(13)93-33-25-78(26-34-93)17-21-82-51-88(92(70-110)71-111)66-106(2,3)62-82)60-100(56-86)123-46-42-119(14)94-35-27-79(28-36-94)18-22-83-52-89(103(72-112)115-10)67-107(4,5)63-83)59-98(50-77)127-76-87-57-101(124-47-43-120(15)95-37-29-80(30-38-95)19-23-84-53-90(104(73-113)116-11)68-108(6,7)64-84)61-102(58-87)125-48-44-121(16)96-39-31-81(32-40-96)20-24-85-54-91(105(74-114)117-12)69-109(8,9)65-85/h17-24,51-54,77-81,86-87,93-102H,25-50,55-69,75-76H2,1-9,13-16H3/b21-17+,22-18+,23-19+,24-20+,103-89+,104-90-,105-91+. The summed E-state index contributed by atoms with van der Waals surface area (Å²) < 4.78 is 42.2. The van der Waals surface area contributed by atoms with Crippen molar-refractivity contribution in [3.05, 3.63) is 174 Å². The van der Waals surface area contributed by atoms with E-state index in [9.17, 15) is 26.3 Å². The van der Waals surface area contributed by atoms with Gasteiger partial charge in [-0.1, -0.05) is 135 Å². The van der Waals surface area contributed by atoms with E-state index in [-0.39, 0.29) is 80.9 Å². The molecule has 0 aliphatic heterocycles. The lowest BCUT2D eigenvalue weighted by molar-refractivity contribution is -0.111. The molecule has 0 aromatic carbocycles. The molecule has 0 radical (unpaired) electrons. The van der Waals surface area contributed by atoms with Gasteiger partial charge in [0.05, 0.1) is 101 Å². The number of nitriles is 5. The largest absolute Gasteiger partial charge is 0.378 e. The van der Waals surface area contributed by atoms with E-state index in [4.69, 9.17) is 48.1 Å².